The van der Waals surface area contributed by atoms with E-state index in [4.69, 9.17) is 16.9 Å². The molecule has 1 aromatic carbocycles. The third-order valence-electron chi connectivity index (χ3n) is 5.98. The second-order valence-electron chi connectivity index (χ2n) is 10.6. The molecule has 0 aliphatic carbocycles. The number of terminal acetylenes is 1. The van der Waals surface area contributed by atoms with Crippen LogP contribution in [0, 0.1) is 12.3 Å². The van der Waals surface area contributed by atoms with E-state index in [-0.39, 0.29) is 12.5 Å². The average molecular weight is 543 g/mol. The van der Waals surface area contributed by atoms with E-state index in [2.05, 4.69) is 30.4 Å². The van der Waals surface area contributed by atoms with Crippen LogP contribution in [0.1, 0.15) is 103 Å². The number of carbonyl (C=O) groups is 4. The zero-order chi connectivity index (χ0) is 29.4. The highest BCUT2D eigenvalue weighted by Gasteiger charge is 2.37. The van der Waals surface area contributed by atoms with Crippen LogP contribution in [0.3, 0.4) is 0 Å². The van der Waals surface area contributed by atoms with E-state index in [9.17, 15) is 19.2 Å². The molecule has 9 nitrogen and oxygen atoms in total. The van der Waals surface area contributed by atoms with Crippen molar-refractivity contribution in [1.82, 2.24) is 15.5 Å². The van der Waals surface area contributed by atoms with Crippen LogP contribution in [0.25, 0.3) is 0 Å². The van der Waals surface area contributed by atoms with E-state index < -0.39 is 42.0 Å². The minimum Gasteiger partial charge on any atom is -0.444 e. The van der Waals surface area contributed by atoms with Gasteiger partial charge in [0.15, 0.2) is 0 Å². The van der Waals surface area contributed by atoms with Gasteiger partial charge >= 0.3 is 6.09 Å². The van der Waals surface area contributed by atoms with Gasteiger partial charge in [-0.05, 0) is 45.2 Å². The Morgan fingerprint density at radius 3 is 2.26 bits per heavy atom. The highest BCUT2D eigenvalue weighted by molar-refractivity contribution is 5.94. The molecule has 0 aromatic heterocycles. The minimum atomic E-state index is -1.32. The number of ether oxygens (including phenoxy) is 1. The summed E-state index contributed by atoms with van der Waals surface area (Å²) in [5, 5.41) is 5.45. The molecule has 0 aliphatic heterocycles. The van der Waals surface area contributed by atoms with Crippen molar-refractivity contribution in [1.29, 1.82) is 0 Å². The Morgan fingerprint density at radius 1 is 1.03 bits per heavy atom. The molecule has 4 N–H and O–H groups in total. The normalized spacial score (nSPS) is 12.5. The van der Waals surface area contributed by atoms with E-state index in [0.717, 1.165) is 38.5 Å². The summed E-state index contributed by atoms with van der Waals surface area (Å²) in [4.78, 5) is 53.7. The standard InChI is InChI=1S/C30H46N4O5/c1-7-10-12-16-20-34(28(37)24(21-25(31)35)33-29(38)39-30(4,5)6)26(27(36)32-19-15-11-8-2)23-18-14-13-17-22(23)9-3/h3,13-14,17-18,24,26H,7-8,10-12,15-16,19-21H2,1-2,4-6H3,(H2,31,35)(H,32,36)(H,33,38). The fourth-order valence-corrected chi connectivity index (χ4v) is 4.13. The van der Waals surface area contributed by atoms with Gasteiger partial charge in [0.05, 0.1) is 6.42 Å². The Kier molecular flexibility index (Phi) is 14.7. The SMILES string of the molecule is C#Cc1ccccc1C(C(=O)NCCCCC)N(CCCCCC)C(=O)C(CC(N)=O)NC(=O)OC(C)(C)C. The van der Waals surface area contributed by atoms with Crippen molar-refractivity contribution in [2.75, 3.05) is 13.1 Å². The summed E-state index contributed by atoms with van der Waals surface area (Å²) in [5.74, 6) is 0.841. The molecule has 0 saturated heterocycles. The maximum atomic E-state index is 14.1. The van der Waals surface area contributed by atoms with Crippen molar-refractivity contribution in [2.45, 2.75) is 104 Å². The molecule has 0 radical (unpaired) electrons. The highest BCUT2D eigenvalue weighted by atomic mass is 16.6. The lowest BCUT2D eigenvalue weighted by molar-refractivity contribution is -0.143. The zero-order valence-corrected chi connectivity index (χ0v) is 24.2. The molecule has 39 heavy (non-hydrogen) atoms. The molecule has 216 valence electrons. The van der Waals surface area contributed by atoms with E-state index in [1.807, 2.05) is 0 Å². The molecule has 0 heterocycles. The molecule has 1 aromatic rings. The van der Waals surface area contributed by atoms with Gasteiger partial charge in [0, 0.05) is 18.7 Å². The monoisotopic (exact) mass is 542 g/mol. The summed E-state index contributed by atoms with van der Waals surface area (Å²) in [6.45, 7) is 9.87. The molecule has 0 saturated carbocycles. The maximum absolute atomic E-state index is 14.1. The van der Waals surface area contributed by atoms with Gasteiger partial charge in [0.2, 0.25) is 17.7 Å². The van der Waals surface area contributed by atoms with Crippen molar-refractivity contribution in [3.63, 3.8) is 0 Å². The first-order valence-corrected chi connectivity index (χ1v) is 13.9. The first-order chi connectivity index (χ1) is 18.4. The van der Waals surface area contributed by atoms with Gasteiger partial charge in [-0.15, -0.1) is 6.42 Å². The van der Waals surface area contributed by atoms with Crippen LogP contribution in [-0.4, -0.2) is 53.4 Å². The van der Waals surface area contributed by atoms with Crippen LogP contribution in [0.5, 0.6) is 0 Å². The zero-order valence-electron chi connectivity index (χ0n) is 24.2. The quantitative estimate of drug-likeness (QED) is 0.213. The van der Waals surface area contributed by atoms with Gasteiger partial charge in [-0.25, -0.2) is 4.79 Å². The van der Waals surface area contributed by atoms with Crippen molar-refractivity contribution < 1.29 is 23.9 Å². The van der Waals surface area contributed by atoms with Gasteiger partial charge in [0.25, 0.3) is 0 Å². The van der Waals surface area contributed by atoms with E-state index in [0.29, 0.717) is 24.1 Å². The van der Waals surface area contributed by atoms with Crippen molar-refractivity contribution in [2.24, 2.45) is 5.73 Å². The first-order valence-electron chi connectivity index (χ1n) is 13.9. The number of hydrogen-bond acceptors (Lipinski definition) is 5. The minimum absolute atomic E-state index is 0.218. The number of rotatable bonds is 16. The van der Waals surface area contributed by atoms with Crippen LogP contribution in [0.15, 0.2) is 24.3 Å². The maximum Gasteiger partial charge on any atom is 0.408 e. The molecule has 2 atom stereocenters. The summed E-state index contributed by atoms with van der Waals surface area (Å²) in [6.07, 6.45) is 10.6. The highest BCUT2D eigenvalue weighted by Crippen LogP contribution is 2.27. The van der Waals surface area contributed by atoms with Crippen molar-refractivity contribution in [3.05, 3.63) is 35.4 Å². The second-order valence-corrected chi connectivity index (χ2v) is 10.6. The van der Waals surface area contributed by atoms with Crippen molar-refractivity contribution >= 4 is 23.8 Å². The number of unbranched alkanes of at least 4 members (excludes halogenated alkanes) is 5. The third kappa shape index (κ3) is 12.2. The predicted octanol–water partition coefficient (Wildman–Crippen LogP) is 4.19. The van der Waals surface area contributed by atoms with Gasteiger partial charge < -0.3 is 26.0 Å². The molecule has 1 rings (SSSR count). The summed E-state index contributed by atoms with van der Waals surface area (Å²) in [6, 6.07) is 4.57. The van der Waals surface area contributed by atoms with Gasteiger partial charge in [-0.3, -0.25) is 14.4 Å². The summed E-state index contributed by atoms with van der Waals surface area (Å²) < 4.78 is 5.32. The number of amides is 4. The van der Waals surface area contributed by atoms with Crippen LogP contribution in [0.2, 0.25) is 0 Å². The molecule has 0 aliphatic rings. The largest absolute Gasteiger partial charge is 0.444 e. The van der Waals surface area contributed by atoms with Crippen LogP contribution < -0.4 is 16.4 Å². The molecule has 4 amide bonds. The van der Waals surface area contributed by atoms with Gasteiger partial charge in [-0.1, -0.05) is 70.1 Å². The van der Waals surface area contributed by atoms with Crippen LogP contribution in [0.4, 0.5) is 4.79 Å². The molecule has 9 heteroatoms. The smallest absolute Gasteiger partial charge is 0.408 e. The summed E-state index contributed by atoms with van der Waals surface area (Å²) >= 11 is 0. The Bertz CT molecular complexity index is 996. The van der Waals surface area contributed by atoms with Gasteiger partial charge in [-0.2, -0.15) is 0 Å². The Labute approximate surface area is 233 Å². The lowest BCUT2D eigenvalue weighted by Gasteiger charge is -2.35. The molecule has 2 unspecified atom stereocenters. The van der Waals surface area contributed by atoms with Crippen LogP contribution in [-0.2, 0) is 19.1 Å². The number of nitrogens with zero attached hydrogens (tertiary/aromatic N) is 1. The topological polar surface area (TPSA) is 131 Å². The molecule has 0 fully saturated rings. The fraction of sp³-hybridized carbons (Fsp3) is 0.600. The summed E-state index contributed by atoms with van der Waals surface area (Å²) in [7, 11) is 0. The lowest BCUT2D eigenvalue weighted by atomic mass is 9.96. The average Bonchev–Trinajstić information content (AvgIpc) is 2.86. The van der Waals surface area contributed by atoms with Gasteiger partial charge in [0.1, 0.15) is 17.7 Å². The number of nitrogens with two attached hydrogens (primary N) is 1. The number of primary amides is 1. The number of hydrogen-bond donors (Lipinski definition) is 3. The second kappa shape index (κ2) is 17.1. The number of carbonyl (C=O) groups excluding carboxylic acids is 4. The van der Waals surface area contributed by atoms with E-state index >= 15 is 0 Å². The number of alkyl carbamates (subject to hydrolysis) is 1. The summed E-state index contributed by atoms with van der Waals surface area (Å²) in [5.41, 5.74) is 5.60. The van der Waals surface area contributed by atoms with Crippen LogP contribution >= 0.6 is 0 Å². The Hall–Kier alpha value is -3.54. The Balaban J connectivity index is 3.53. The third-order valence-corrected chi connectivity index (χ3v) is 5.98. The predicted molar refractivity (Wildman–Crippen MR) is 152 cm³/mol. The fourth-order valence-electron chi connectivity index (χ4n) is 4.13. The first kappa shape index (κ1) is 33.5. The lowest BCUT2D eigenvalue weighted by Crippen LogP contribution is -2.54. The number of benzene rings is 1. The molecular weight excluding hydrogens is 496 g/mol. The Morgan fingerprint density at radius 2 is 1.67 bits per heavy atom. The molecule has 0 spiro atoms. The van der Waals surface area contributed by atoms with E-state index in [1.54, 1.807) is 45.0 Å². The molecule has 0 bridgehead atoms. The molecular formula is C30H46N4O5. The van der Waals surface area contributed by atoms with Crippen molar-refractivity contribution in [3.8, 4) is 12.3 Å². The van der Waals surface area contributed by atoms with E-state index in [1.165, 1.54) is 4.90 Å². The number of nitrogens with one attached hydrogen (secondary N) is 2.